The van der Waals surface area contributed by atoms with Gasteiger partial charge in [0.15, 0.2) is 11.7 Å². The lowest BCUT2D eigenvalue weighted by atomic mass is 9.95. The van der Waals surface area contributed by atoms with Gasteiger partial charge in [-0.25, -0.2) is 15.0 Å². The van der Waals surface area contributed by atoms with Gasteiger partial charge in [-0.2, -0.15) is 5.10 Å². The third-order valence-electron chi connectivity index (χ3n) is 6.04. The quantitative estimate of drug-likeness (QED) is 0.130. The lowest BCUT2D eigenvalue weighted by Crippen LogP contribution is -2.45. The molecular weight excluding hydrogens is 560 g/mol. The summed E-state index contributed by atoms with van der Waals surface area (Å²) in [7, 11) is 0. The zero-order valence-electron chi connectivity index (χ0n) is 23.3. The molecule has 0 saturated carbocycles. The first-order chi connectivity index (χ1) is 20.3. The van der Waals surface area contributed by atoms with E-state index in [9.17, 15) is 14.4 Å². The van der Waals surface area contributed by atoms with E-state index in [1.807, 2.05) is 0 Å². The molecule has 42 heavy (non-hydrogen) atoms. The molecule has 3 N–H and O–H groups in total. The molecule has 0 saturated heterocycles. The number of benzene rings is 2. The number of hydrogen-bond acceptors (Lipinski definition) is 9. The molecule has 3 aromatic rings. The van der Waals surface area contributed by atoms with E-state index in [2.05, 4.69) is 21.2 Å². The van der Waals surface area contributed by atoms with Crippen LogP contribution in [0.3, 0.4) is 0 Å². The number of thiocarbonyl (C=S) groups is 1. The van der Waals surface area contributed by atoms with Crippen molar-refractivity contribution in [1.82, 2.24) is 16.1 Å². The minimum absolute atomic E-state index is 0.217. The molecule has 218 valence electrons. The zero-order valence-corrected chi connectivity index (χ0v) is 24.1. The highest BCUT2D eigenvalue weighted by Crippen LogP contribution is 2.33. The number of ether oxygens (including phenoxy) is 3. The predicted molar refractivity (Wildman–Crippen MR) is 159 cm³/mol. The molecule has 4 rings (SSSR count). The van der Waals surface area contributed by atoms with Gasteiger partial charge in [0.1, 0.15) is 17.3 Å². The molecule has 1 amide bonds. The second-order valence-corrected chi connectivity index (χ2v) is 9.32. The molecule has 0 radical (unpaired) electrons. The Morgan fingerprint density at radius 3 is 2.45 bits per heavy atom. The molecule has 0 spiro atoms. The van der Waals surface area contributed by atoms with Crippen LogP contribution in [0.1, 0.15) is 48.5 Å². The molecule has 0 fully saturated rings. The average molecular weight is 591 g/mol. The molecule has 0 bridgehead atoms. The van der Waals surface area contributed by atoms with Crippen molar-refractivity contribution >= 4 is 41.4 Å². The third kappa shape index (κ3) is 7.40. The van der Waals surface area contributed by atoms with Crippen molar-refractivity contribution in [3.05, 3.63) is 88.8 Å². The summed E-state index contributed by atoms with van der Waals surface area (Å²) in [6.45, 7) is 5.41. The molecule has 2 heterocycles. The number of hydrogen-bond donors (Lipinski definition) is 3. The van der Waals surface area contributed by atoms with Gasteiger partial charge in [0.2, 0.25) is 0 Å². The molecule has 1 aliphatic rings. The van der Waals surface area contributed by atoms with Crippen LogP contribution in [0.15, 0.2) is 81.5 Å². The van der Waals surface area contributed by atoms with Gasteiger partial charge < -0.3 is 29.3 Å². The predicted octanol–water partition coefficient (Wildman–Crippen LogP) is 4.01. The number of carbonyl (C=O) groups excluding carboxylic acids is 3. The molecular formula is C30H30N4O7S. The lowest BCUT2D eigenvalue weighted by molar-refractivity contribution is -0.139. The summed E-state index contributed by atoms with van der Waals surface area (Å²) in [4.78, 5) is 37.0. The highest BCUT2D eigenvalue weighted by atomic mass is 32.1. The fraction of sp³-hybridized carbons (Fsp3) is 0.233. The van der Waals surface area contributed by atoms with Crippen LogP contribution in [0, 0.1) is 0 Å². The van der Waals surface area contributed by atoms with Crippen molar-refractivity contribution in [2.75, 3.05) is 19.8 Å². The van der Waals surface area contributed by atoms with Crippen molar-refractivity contribution in [2.24, 2.45) is 5.10 Å². The second kappa shape index (κ2) is 14.1. The van der Waals surface area contributed by atoms with Crippen LogP contribution in [-0.2, 0) is 19.1 Å². The standard InChI is InChI=1S/C30H30N4O7S/c1-4-38-28(36)20-12-10-19(11-13-20)23-15-14-21(41-23)16-31-34-25(35)17-40-24-9-7-6-8-22(24)27-26(29(37)39-5-2)18(3)32-30(42)33-27/h6-16,27H,4-5,17H2,1-3H3,(H,34,35)(H2,32,33,42)/t27-/m1/s1. The smallest absolute Gasteiger partial charge is 0.338 e. The Hall–Kier alpha value is -4.97. The number of nitrogens with one attached hydrogen (secondary N) is 3. The van der Waals surface area contributed by atoms with Crippen LogP contribution in [0.2, 0.25) is 0 Å². The van der Waals surface area contributed by atoms with Crippen molar-refractivity contribution in [3.63, 3.8) is 0 Å². The summed E-state index contributed by atoms with van der Waals surface area (Å²) < 4.78 is 21.8. The third-order valence-corrected chi connectivity index (χ3v) is 6.26. The van der Waals surface area contributed by atoms with Gasteiger partial charge in [-0.05, 0) is 63.3 Å². The zero-order chi connectivity index (χ0) is 30.1. The number of allylic oxidation sites excluding steroid dienone is 1. The summed E-state index contributed by atoms with van der Waals surface area (Å²) in [6.07, 6.45) is 1.36. The summed E-state index contributed by atoms with van der Waals surface area (Å²) >= 11 is 5.30. The molecule has 1 atom stereocenters. The maximum atomic E-state index is 12.7. The molecule has 1 aromatic heterocycles. The molecule has 1 aliphatic heterocycles. The number of nitrogens with zero attached hydrogens (tertiary/aromatic N) is 1. The Morgan fingerprint density at radius 2 is 1.71 bits per heavy atom. The highest BCUT2D eigenvalue weighted by Gasteiger charge is 2.32. The van der Waals surface area contributed by atoms with Gasteiger partial charge in [0.05, 0.1) is 36.6 Å². The fourth-order valence-electron chi connectivity index (χ4n) is 4.16. The van der Waals surface area contributed by atoms with Crippen LogP contribution in [-0.4, -0.2) is 49.0 Å². The summed E-state index contributed by atoms with van der Waals surface area (Å²) in [5.41, 5.74) is 5.16. The number of furan rings is 1. The maximum Gasteiger partial charge on any atom is 0.338 e. The highest BCUT2D eigenvalue weighted by molar-refractivity contribution is 7.80. The summed E-state index contributed by atoms with van der Waals surface area (Å²) in [6, 6.07) is 16.7. The number of esters is 2. The van der Waals surface area contributed by atoms with Gasteiger partial charge in [-0.1, -0.05) is 30.3 Å². The largest absolute Gasteiger partial charge is 0.483 e. The topological polar surface area (TPSA) is 140 Å². The van der Waals surface area contributed by atoms with Crippen LogP contribution in [0.25, 0.3) is 11.3 Å². The normalized spacial score (nSPS) is 14.6. The molecule has 0 aliphatic carbocycles. The summed E-state index contributed by atoms with van der Waals surface area (Å²) in [5.74, 6) is -0.0195. The number of carbonyl (C=O) groups is 3. The van der Waals surface area contributed by atoms with E-state index in [4.69, 9.17) is 30.8 Å². The Bertz CT molecular complexity index is 1530. The Labute approximate surface area is 247 Å². The average Bonchev–Trinajstić information content (AvgIpc) is 3.45. The van der Waals surface area contributed by atoms with Gasteiger partial charge in [0, 0.05) is 16.8 Å². The van der Waals surface area contributed by atoms with Crippen LogP contribution < -0.4 is 20.8 Å². The monoisotopic (exact) mass is 590 g/mol. The van der Waals surface area contributed by atoms with Crippen molar-refractivity contribution < 1.29 is 33.0 Å². The second-order valence-electron chi connectivity index (χ2n) is 8.91. The van der Waals surface area contributed by atoms with Crippen molar-refractivity contribution in [2.45, 2.75) is 26.8 Å². The number of rotatable bonds is 11. The summed E-state index contributed by atoms with van der Waals surface area (Å²) in [5, 5.41) is 10.3. The Kier molecular flexibility index (Phi) is 10.1. The van der Waals surface area contributed by atoms with E-state index in [-0.39, 0.29) is 19.2 Å². The van der Waals surface area contributed by atoms with E-state index >= 15 is 0 Å². The van der Waals surface area contributed by atoms with E-state index < -0.39 is 17.9 Å². The van der Waals surface area contributed by atoms with E-state index in [1.54, 1.807) is 81.4 Å². The molecule has 0 unspecified atom stereocenters. The van der Waals surface area contributed by atoms with E-state index in [1.165, 1.54) is 6.21 Å². The number of hydrazone groups is 1. The van der Waals surface area contributed by atoms with Gasteiger partial charge >= 0.3 is 11.9 Å². The van der Waals surface area contributed by atoms with Crippen molar-refractivity contribution in [1.29, 1.82) is 0 Å². The van der Waals surface area contributed by atoms with Crippen LogP contribution >= 0.6 is 12.2 Å². The van der Waals surface area contributed by atoms with Crippen molar-refractivity contribution in [3.8, 4) is 17.1 Å². The SMILES string of the molecule is CCOC(=O)C1=C(C)NC(=S)N[C@@H]1c1ccccc1OCC(=O)NN=Cc1ccc(-c2ccc(C(=O)OCC)cc2)o1. The van der Waals surface area contributed by atoms with E-state index in [0.29, 0.717) is 51.4 Å². The lowest BCUT2D eigenvalue weighted by Gasteiger charge is -2.30. The first-order valence-electron chi connectivity index (χ1n) is 13.2. The van der Waals surface area contributed by atoms with Crippen LogP contribution in [0.5, 0.6) is 5.75 Å². The molecule has 11 nitrogen and oxygen atoms in total. The Balaban J connectivity index is 1.36. The van der Waals surface area contributed by atoms with E-state index in [0.717, 1.165) is 5.56 Å². The minimum atomic E-state index is -0.635. The minimum Gasteiger partial charge on any atom is -0.483 e. The fourth-order valence-corrected chi connectivity index (χ4v) is 4.43. The van der Waals surface area contributed by atoms with Gasteiger partial charge in [0.25, 0.3) is 5.91 Å². The van der Waals surface area contributed by atoms with Gasteiger partial charge in [-0.3, -0.25) is 4.79 Å². The Morgan fingerprint density at radius 1 is 1.00 bits per heavy atom. The first-order valence-corrected chi connectivity index (χ1v) is 13.6. The van der Waals surface area contributed by atoms with Crippen LogP contribution in [0.4, 0.5) is 0 Å². The number of para-hydroxylation sites is 1. The molecule has 2 aromatic carbocycles. The number of amides is 1. The maximum absolute atomic E-state index is 12.7. The first kappa shape index (κ1) is 30.0. The molecule has 12 heteroatoms. The van der Waals surface area contributed by atoms with Gasteiger partial charge in [-0.15, -0.1) is 0 Å².